The number of nitrogens with zero attached hydrogens (tertiary/aromatic N) is 1. The minimum Gasteiger partial charge on any atom is -0.377 e. The summed E-state index contributed by atoms with van der Waals surface area (Å²) < 4.78 is 0. The second-order valence-corrected chi connectivity index (χ2v) is 2.36. The molecule has 2 rings (SSSR count). The third kappa shape index (κ3) is 0.359. The lowest BCUT2D eigenvalue weighted by Gasteiger charge is -1.90. The predicted molar refractivity (Wildman–Crippen MR) is 25.7 cm³/mol. The summed E-state index contributed by atoms with van der Waals surface area (Å²) >= 11 is 0. The lowest BCUT2D eigenvalue weighted by molar-refractivity contribution is 0.204. The molecule has 2 aliphatic heterocycles. The van der Waals surface area contributed by atoms with Gasteiger partial charge in [0.05, 0.1) is 6.04 Å². The van der Waals surface area contributed by atoms with Crippen LogP contribution in [0.1, 0.15) is 12.8 Å². The highest BCUT2D eigenvalue weighted by molar-refractivity contribution is 4.98. The molecule has 0 aromatic heterocycles. The molecule has 0 aliphatic carbocycles. The van der Waals surface area contributed by atoms with Crippen LogP contribution in [0.5, 0.6) is 0 Å². The van der Waals surface area contributed by atoms with Gasteiger partial charge in [0.2, 0.25) is 0 Å². The van der Waals surface area contributed by atoms with Crippen molar-refractivity contribution < 1.29 is 5.11 Å². The number of hydrogen-bond acceptors (Lipinski definition) is 2. The second-order valence-electron chi connectivity index (χ2n) is 2.36. The molecule has 0 amide bonds. The zero-order valence-corrected chi connectivity index (χ0v) is 4.17. The van der Waals surface area contributed by atoms with Gasteiger partial charge in [0, 0.05) is 6.54 Å². The van der Waals surface area contributed by atoms with Gasteiger partial charge in [-0.1, -0.05) is 0 Å². The zero-order chi connectivity index (χ0) is 4.85. The topological polar surface area (TPSA) is 23.2 Å². The summed E-state index contributed by atoms with van der Waals surface area (Å²) in [5.74, 6) is 0. The van der Waals surface area contributed by atoms with Crippen molar-refractivity contribution in [1.29, 1.82) is 0 Å². The minimum absolute atomic E-state index is 0.0475. The molecule has 0 aromatic rings. The summed E-state index contributed by atoms with van der Waals surface area (Å²) in [6.07, 6.45) is 2.47. The lowest BCUT2D eigenvalue weighted by atomic mass is 10.3. The summed E-state index contributed by atoms with van der Waals surface area (Å²) in [4.78, 5) is 2.12. The molecule has 0 spiro atoms. The van der Waals surface area contributed by atoms with E-state index in [1.54, 1.807) is 0 Å². The van der Waals surface area contributed by atoms with Crippen LogP contribution in [0.15, 0.2) is 0 Å². The first kappa shape index (κ1) is 3.87. The summed E-state index contributed by atoms with van der Waals surface area (Å²) in [5, 5.41) is 8.87. The number of aliphatic hydroxyl groups excluding tert-OH is 1. The molecule has 2 fully saturated rings. The van der Waals surface area contributed by atoms with Crippen LogP contribution >= 0.6 is 0 Å². The van der Waals surface area contributed by atoms with Crippen molar-refractivity contribution in [2.24, 2.45) is 0 Å². The molecule has 0 saturated carbocycles. The maximum absolute atomic E-state index is 8.87. The molecule has 3 atom stereocenters. The standard InChI is InChI=1S/C5H9NO/c7-5-4-2-1-3-6(4)5/h4-5,7H,1-3H2. The van der Waals surface area contributed by atoms with E-state index in [1.807, 2.05) is 0 Å². The third-order valence-corrected chi connectivity index (χ3v) is 1.94. The van der Waals surface area contributed by atoms with Crippen molar-refractivity contribution >= 4 is 0 Å². The van der Waals surface area contributed by atoms with E-state index in [1.165, 1.54) is 12.8 Å². The van der Waals surface area contributed by atoms with Crippen LogP contribution in [0.4, 0.5) is 0 Å². The van der Waals surface area contributed by atoms with Crippen molar-refractivity contribution in [1.82, 2.24) is 4.90 Å². The van der Waals surface area contributed by atoms with Crippen LogP contribution in [0, 0.1) is 0 Å². The Bertz CT molecular complexity index is 84.1. The van der Waals surface area contributed by atoms with Crippen LogP contribution in [0.3, 0.4) is 0 Å². The Kier molecular flexibility index (Phi) is 0.557. The highest BCUT2D eigenvalue weighted by Crippen LogP contribution is 2.35. The van der Waals surface area contributed by atoms with Crippen LogP contribution in [0.2, 0.25) is 0 Å². The molecular weight excluding hydrogens is 90.1 g/mol. The Hall–Kier alpha value is -0.0800. The maximum atomic E-state index is 8.87. The second kappa shape index (κ2) is 1.01. The van der Waals surface area contributed by atoms with Gasteiger partial charge in [-0.25, -0.2) is 0 Å². The average Bonchev–Trinajstić information content (AvgIpc) is 2.26. The third-order valence-electron chi connectivity index (χ3n) is 1.94. The Labute approximate surface area is 42.7 Å². The van der Waals surface area contributed by atoms with Crippen LogP contribution in [-0.4, -0.2) is 28.8 Å². The van der Waals surface area contributed by atoms with Crippen molar-refractivity contribution in [2.45, 2.75) is 25.1 Å². The average molecular weight is 99.1 g/mol. The summed E-state index contributed by atoms with van der Waals surface area (Å²) in [5.41, 5.74) is 0. The van der Waals surface area contributed by atoms with E-state index in [9.17, 15) is 0 Å². The number of aliphatic hydroxyl groups is 1. The quantitative estimate of drug-likeness (QED) is 0.424. The molecule has 2 aliphatic rings. The molecule has 2 saturated heterocycles. The van der Waals surface area contributed by atoms with Crippen molar-refractivity contribution in [3.05, 3.63) is 0 Å². The van der Waals surface area contributed by atoms with Gasteiger partial charge in [0.25, 0.3) is 0 Å². The molecule has 2 heteroatoms. The number of piperidine rings is 1. The fourth-order valence-electron chi connectivity index (χ4n) is 1.41. The summed E-state index contributed by atoms with van der Waals surface area (Å²) in [7, 11) is 0. The normalized spacial score (nSPS) is 57.0. The Balaban J connectivity index is 2.06. The molecule has 0 radical (unpaired) electrons. The van der Waals surface area contributed by atoms with Crippen molar-refractivity contribution in [3.63, 3.8) is 0 Å². The molecule has 0 aromatic carbocycles. The van der Waals surface area contributed by atoms with E-state index in [4.69, 9.17) is 5.11 Å². The smallest absolute Gasteiger partial charge is 0.123 e. The molecule has 2 nitrogen and oxygen atoms in total. The Morgan fingerprint density at radius 1 is 1.57 bits per heavy atom. The van der Waals surface area contributed by atoms with Crippen molar-refractivity contribution in [2.75, 3.05) is 6.54 Å². The van der Waals surface area contributed by atoms with E-state index in [0.29, 0.717) is 6.04 Å². The van der Waals surface area contributed by atoms with Gasteiger partial charge < -0.3 is 5.11 Å². The monoisotopic (exact) mass is 99.1 g/mol. The summed E-state index contributed by atoms with van der Waals surface area (Å²) in [6.45, 7) is 1.13. The van der Waals surface area contributed by atoms with Gasteiger partial charge in [0.15, 0.2) is 0 Å². The first-order chi connectivity index (χ1) is 3.39. The fourth-order valence-corrected chi connectivity index (χ4v) is 1.41. The van der Waals surface area contributed by atoms with E-state index >= 15 is 0 Å². The molecular formula is C5H9NO. The van der Waals surface area contributed by atoms with Gasteiger partial charge in [-0.3, -0.25) is 4.90 Å². The predicted octanol–water partition coefficient (Wildman–Crippen LogP) is -0.217. The number of fused-ring (bicyclic) bond motifs is 1. The number of rotatable bonds is 0. The first-order valence-electron chi connectivity index (χ1n) is 2.83. The highest BCUT2D eigenvalue weighted by atomic mass is 16.3. The zero-order valence-electron chi connectivity index (χ0n) is 4.17. The van der Waals surface area contributed by atoms with Gasteiger partial charge >= 0.3 is 0 Å². The van der Waals surface area contributed by atoms with Crippen LogP contribution in [0.25, 0.3) is 0 Å². The van der Waals surface area contributed by atoms with Crippen molar-refractivity contribution in [3.8, 4) is 0 Å². The van der Waals surface area contributed by atoms with E-state index in [2.05, 4.69) is 4.90 Å². The van der Waals surface area contributed by atoms with Gasteiger partial charge in [-0.05, 0) is 12.8 Å². The van der Waals surface area contributed by atoms with E-state index in [-0.39, 0.29) is 6.23 Å². The molecule has 7 heavy (non-hydrogen) atoms. The molecule has 3 unspecified atom stereocenters. The lowest BCUT2D eigenvalue weighted by Crippen LogP contribution is -2.00. The maximum Gasteiger partial charge on any atom is 0.123 e. The van der Waals surface area contributed by atoms with Gasteiger partial charge in [0.1, 0.15) is 6.23 Å². The van der Waals surface area contributed by atoms with Crippen LogP contribution in [-0.2, 0) is 0 Å². The van der Waals surface area contributed by atoms with E-state index < -0.39 is 0 Å². The highest BCUT2D eigenvalue weighted by Gasteiger charge is 2.48. The van der Waals surface area contributed by atoms with E-state index in [0.717, 1.165) is 6.54 Å². The SMILES string of the molecule is OC1C2CCCN12. The fraction of sp³-hybridized carbons (Fsp3) is 1.00. The molecule has 2 heterocycles. The Morgan fingerprint density at radius 3 is 2.71 bits per heavy atom. The molecule has 0 bridgehead atoms. The van der Waals surface area contributed by atoms with Gasteiger partial charge in [-0.2, -0.15) is 0 Å². The first-order valence-corrected chi connectivity index (χ1v) is 2.83. The molecule has 1 N–H and O–H groups in total. The molecule has 40 valence electrons. The number of hydrogen-bond donors (Lipinski definition) is 1. The Morgan fingerprint density at radius 2 is 2.43 bits per heavy atom. The van der Waals surface area contributed by atoms with Crippen LogP contribution < -0.4 is 0 Å². The summed E-state index contributed by atoms with van der Waals surface area (Å²) in [6, 6.07) is 0.569. The van der Waals surface area contributed by atoms with Gasteiger partial charge in [-0.15, -0.1) is 0 Å². The largest absolute Gasteiger partial charge is 0.377 e. The minimum atomic E-state index is -0.0475.